The SMILES string of the molecule is COc1ccc(C2=CN/C(=C(\C(=N)N)C3=CC=CCN3C)N=C2)cc1. The number of amidine groups is 1. The lowest BCUT2D eigenvalue weighted by molar-refractivity contribution is 0.415. The largest absolute Gasteiger partial charge is 0.497 e. The molecule has 0 bridgehead atoms. The van der Waals surface area contributed by atoms with Gasteiger partial charge in [0.2, 0.25) is 0 Å². The molecule has 2 heterocycles. The highest BCUT2D eigenvalue weighted by Crippen LogP contribution is 2.24. The first-order chi connectivity index (χ1) is 12.1. The molecule has 4 N–H and O–H groups in total. The molecule has 0 aliphatic carbocycles. The summed E-state index contributed by atoms with van der Waals surface area (Å²) in [6.07, 6.45) is 9.59. The molecule has 0 radical (unpaired) electrons. The van der Waals surface area contributed by atoms with E-state index in [4.69, 9.17) is 15.9 Å². The van der Waals surface area contributed by atoms with E-state index in [1.165, 1.54) is 0 Å². The van der Waals surface area contributed by atoms with Crippen LogP contribution in [0.1, 0.15) is 5.56 Å². The second-order valence-corrected chi connectivity index (χ2v) is 5.73. The highest BCUT2D eigenvalue weighted by Gasteiger charge is 2.20. The van der Waals surface area contributed by atoms with E-state index < -0.39 is 0 Å². The van der Waals surface area contributed by atoms with Gasteiger partial charge in [-0.3, -0.25) is 5.41 Å². The Morgan fingerprint density at radius 1 is 1.32 bits per heavy atom. The third-order valence-corrected chi connectivity index (χ3v) is 4.06. The molecule has 3 rings (SSSR count). The van der Waals surface area contributed by atoms with Crippen LogP contribution in [0.2, 0.25) is 0 Å². The Morgan fingerprint density at radius 3 is 2.64 bits per heavy atom. The average molecular weight is 335 g/mol. The van der Waals surface area contributed by atoms with Crippen molar-refractivity contribution in [3.8, 4) is 5.75 Å². The molecule has 25 heavy (non-hydrogen) atoms. The van der Waals surface area contributed by atoms with Gasteiger partial charge in [-0.25, -0.2) is 4.99 Å². The first kappa shape index (κ1) is 16.6. The van der Waals surface area contributed by atoms with E-state index in [0.29, 0.717) is 11.4 Å². The van der Waals surface area contributed by atoms with Crippen molar-refractivity contribution in [2.75, 3.05) is 20.7 Å². The zero-order valence-corrected chi connectivity index (χ0v) is 14.3. The molecular formula is C19H21N5O. The standard InChI is InChI=1S/C19H21N5O/c1-24-10-4-3-5-16(24)17(18(20)21)19-22-11-14(12-23-19)13-6-8-15(25-2)9-7-13/h3-9,11-12,22H,10H2,1-2H3,(H3,20,21)/b19-17+. The van der Waals surface area contributed by atoms with Crippen LogP contribution >= 0.6 is 0 Å². The number of rotatable bonds is 4. The Labute approximate surface area is 147 Å². The molecule has 2 aliphatic rings. The van der Waals surface area contributed by atoms with Crippen molar-refractivity contribution >= 4 is 17.6 Å². The highest BCUT2D eigenvalue weighted by atomic mass is 16.5. The molecule has 0 fully saturated rings. The van der Waals surface area contributed by atoms with Gasteiger partial charge in [-0.2, -0.15) is 0 Å². The maximum Gasteiger partial charge on any atom is 0.143 e. The molecule has 0 unspecified atom stereocenters. The Hall–Kier alpha value is -3.28. The second-order valence-electron chi connectivity index (χ2n) is 5.73. The number of hydrogen-bond acceptors (Lipinski definition) is 5. The van der Waals surface area contributed by atoms with Gasteiger partial charge in [-0.15, -0.1) is 0 Å². The molecule has 2 aliphatic heterocycles. The number of likely N-dealkylation sites (N-methyl/N-ethyl adjacent to an activating group) is 1. The lowest BCUT2D eigenvalue weighted by Gasteiger charge is -2.26. The van der Waals surface area contributed by atoms with E-state index >= 15 is 0 Å². The Kier molecular flexibility index (Phi) is 4.70. The number of ether oxygens (including phenoxy) is 1. The normalized spacial score (nSPS) is 18.2. The Balaban J connectivity index is 1.89. The minimum Gasteiger partial charge on any atom is -0.497 e. The fourth-order valence-corrected chi connectivity index (χ4v) is 2.70. The molecule has 1 aromatic rings. The van der Waals surface area contributed by atoms with Gasteiger partial charge in [0.15, 0.2) is 0 Å². The summed E-state index contributed by atoms with van der Waals surface area (Å²) in [5.74, 6) is 1.36. The number of allylic oxidation sites excluding steroid dienone is 3. The monoisotopic (exact) mass is 335 g/mol. The number of methoxy groups -OCH3 is 1. The van der Waals surface area contributed by atoms with Gasteiger partial charge in [0, 0.05) is 31.6 Å². The Morgan fingerprint density at radius 2 is 2.08 bits per heavy atom. The molecule has 0 aromatic heterocycles. The molecule has 1 aromatic carbocycles. The Bertz CT molecular complexity index is 828. The van der Waals surface area contributed by atoms with Crippen LogP contribution in [0, 0.1) is 5.41 Å². The molecule has 128 valence electrons. The van der Waals surface area contributed by atoms with Crippen LogP contribution in [0.3, 0.4) is 0 Å². The minimum atomic E-state index is -0.0191. The van der Waals surface area contributed by atoms with Crippen molar-refractivity contribution in [3.05, 3.63) is 71.3 Å². The summed E-state index contributed by atoms with van der Waals surface area (Å²) in [5.41, 5.74) is 9.26. The molecular weight excluding hydrogens is 314 g/mol. The summed E-state index contributed by atoms with van der Waals surface area (Å²) >= 11 is 0. The van der Waals surface area contributed by atoms with E-state index in [1.54, 1.807) is 13.3 Å². The van der Waals surface area contributed by atoms with Crippen LogP contribution in [0.4, 0.5) is 0 Å². The summed E-state index contributed by atoms with van der Waals surface area (Å²) in [6, 6.07) is 7.76. The van der Waals surface area contributed by atoms with Crippen molar-refractivity contribution < 1.29 is 4.74 Å². The number of aliphatic imine (C=N–C) groups is 1. The summed E-state index contributed by atoms with van der Waals surface area (Å²) in [6.45, 7) is 0.770. The van der Waals surface area contributed by atoms with Crippen molar-refractivity contribution in [3.63, 3.8) is 0 Å². The average Bonchev–Trinajstić information content (AvgIpc) is 2.64. The molecule has 0 amide bonds. The number of nitrogens with two attached hydrogens (primary N) is 1. The lowest BCUT2D eigenvalue weighted by Crippen LogP contribution is -2.30. The predicted octanol–water partition coefficient (Wildman–Crippen LogP) is 2.24. The summed E-state index contributed by atoms with van der Waals surface area (Å²) in [5, 5.41) is 11.1. The van der Waals surface area contributed by atoms with E-state index in [9.17, 15) is 0 Å². The smallest absolute Gasteiger partial charge is 0.143 e. The summed E-state index contributed by atoms with van der Waals surface area (Å²) < 4.78 is 5.18. The molecule has 0 saturated carbocycles. The topological polar surface area (TPSA) is 86.7 Å². The number of hydrogen-bond donors (Lipinski definition) is 3. The third kappa shape index (κ3) is 3.47. The van der Waals surface area contributed by atoms with E-state index in [2.05, 4.69) is 10.3 Å². The van der Waals surface area contributed by atoms with Crippen molar-refractivity contribution in [2.45, 2.75) is 0 Å². The van der Waals surface area contributed by atoms with E-state index in [0.717, 1.165) is 29.1 Å². The molecule has 0 atom stereocenters. The van der Waals surface area contributed by atoms with E-state index in [1.807, 2.05) is 60.6 Å². The zero-order valence-electron chi connectivity index (χ0n) is 14.3. The maximum absolute atomic E-state index is 7.95. The minimum absolute atomic E-state index is 0.0191. The van der Waals surface area contributed by atoms with Gasteiger partial charge in [0.1, 0.15) is 17.4 Å². The molecule has 6 heteroatoms. The quantitative estimate of drug-likeness (QED) is 0.582. The van der Waals surface area contributed by atoms with Gasteiger partial charge in [-0.1, -0.05) is 24.3 Å². The van der Waals surface area contributed by atoms with Gasteiger partial charge in [-0.05, 0) is 23.8 Å². The van der Waals surface area contributed by atoms with Gasteiger partial charge < -0.3 is 20.7 Å². The van der Waals surface area contributed by atoms with Crippen LogP contribution in [0.25, 0.3) is 5.57 Å². The van der Waals surface area contributed by atoms with Crippen molar-refractivity contribution in [2.24, 2.45) is 10.7 Å². The zero-order chi connectivity index (χ0) is 17.8. The van der Waals surface area contributed by atoms with Crippen molar-refractivity contribution in [1.29, 1.82) is 5.41 Å². The van der Waals surface area contributed by atoms with E-state index in [-0.39, 0.29) is 5.84 Å². The number of nitrogens with one attached hydrogen (secondary N) is 2. The van der Waals surface area contributed by atoms with Crippen LogP contribution in [-0.4, -0.2) is 37.7 Å². The first-order valence-corrected chi connectivity index (χ1v) is 7.92. The van der Waals surface area contributed by atoms with Crippen LogP contribution in [0.15, 0.2) is 70.8 Å². The molecule has 0 saturated heterocycles. The third-order valence-electron chi connectivity index (χ3n) is 4.06. The van der Waals surface area contributed by atoms with Crippen LogP contribution < -0.4 is 15.8 Å². The molecule has 0 spiro atoms. The fraction of sp³-hybridized carbons (Fsp3) is 0.158. The van der Waals surface area contributed by atoms with Gasteiger partial charge >= 0.3 is 0 Å². The number of benzene rings is 1. The lowest BCUT2D eigenvalue weighted by atomic mass is 10.1. The predicted molar refractivity (Wildman–Crippen MR) is 101 cm³/mol. The van der Waals surface area contributed by atoms with Gasteiger partial charge in [0.25, 0.3) is 0 Å². The molecule has 6 nitrogen and oxygen atoms in total. The van der Waals surface area contributed by atoms with Crippen LogP contribution in [0.5, 0.6) is 5.75 Å². The summed E-state index contributed by atoms with van der Waals surface area (Å²) in [4.78, 5) is 6.52. The maximum atomic E-state index is 7.95. The number of nitrogens with zero attached hydrogens (tertiary/aromatic N) is 2. The fourth-order valence-electron chi connectivity index (χ4n) is 2.70. The highest BCUT2D eigenvalue weighted by molar-refractivity contribution is 6.11. The van der Waals surface area contributed by atoms with Gasteiger partial charge in [0.05, 0.1) is 18.4 Å². The van der Waals surface area contributed by atoms with Crippen LogP contribution in [-0.2, 0) is 0 Å². The van der Waals surface area contributed by atoms with Crippen molar-refractivity contribution in [1.82, 2.24) is 10.2 Å². The first-order valence-electron chi connectivity index (χ1n) is 7.92. The second kappa shape index (κ2) is 7.09. The summed E-state index contributed by atoms with van der Waals surface area (Å²) in [7, 11) is 3.61.